The molecule has 4 nitrogen and oxygen atoms in total. The number of anilines is 3. The van der Waals surface area contributed by atoms with Gasteiger partial charge < -0.3 is 4.90 Å². The van der Waals surface area contributed by atoms with E-state index in [0.29, 0.717) is 10.6 Å². The highest BCUT2D eigenvalue weighted by atomic mass is 32.2. The van der Waals surface area contributed by atoms with Crippen LogP contribution in [0.5, 0.6) is 0 Å². The van der Waals surface area contributed by atoms with Crippen LogP contribution in [-0.4, -0.2) is 15.0 Å². The van der Waals surface area contributed by atoms with Gasteiger partial charge in [-0.3, -0.25) is 4.72 Å². The van der Waals surface area contributed by atoms with Crippen LogP contribution in [0.2, 0.25) is 0 Å². The van der Waals surface area contributed by atoms with Crippen molar-refractivity contribution in [3.05, 3.63) is 83.9 Å². The topological polar surface area (TPSA) is 49.4 Å². The molecule has 1 heterocycles. The van der Waals surface area contributed by atoms with Gasteiger partial charge in [0.2, 0.25) is 0 Å². The number of rotatable bonds is 4. The van der Waals surface area contributed by atoms with Gasteiger partial charge in [0, 0.05) is 23.6 Å². The van der Waals surface area contributed by atoms with Crippen LogP contribution in [0.25, 0.3) is 0 Å². The molecular formula is C21H20N2O2S. The van der Waals surface area contributed by atoms with Crippen molar-refractivity contribution in [3.63, 3.8) is 0 Å². The lowest BCUT2D eigenvalue weighted by Gasteiger charge is -2.20. The maximum absolute atomic E-state index is 12.6. The molecule has 0 aromatic heterocycles. The van der Waals surface area contributed by atoms with E-state index in [1.165, 1.54) is 11.3 Å². The molecular weight excluding hydrogens is 344 g/mol. The minimum Gasteiger partial charge on any atom is -0.341 e. The van der Waals surface area contributed by atoms with Crippen molar-refractivity contribution in [1.29, 1.82) is 0 Å². The first-order chi connectivity index (χ1) is 12.5. The van der Waals surface area contributed by atoms with Crippen molar-refractivity contribution >= 4 is 27.1 Å². The van der Waals surface area contributed by atoms with Gasteiger partial charge in [0.15, 0.2) is 0 Å². The molecule has 5 heteroatoms. The van der Waals surface area contributed by atoms with Crippen molar-refractivity contribution in [2.24, 2.45) is 0 Å². The molecule has 0 aliphatic carbocycles. The largest absolute Gasteiger partial charge is 0.341 e. The van der Waals surface area contributed by atoms with E-state index in [4.69, 9.17) is 0 Å². The van der Waals surface area contributed by atoms with Crippen molar-refractivity contribution in [2.75, 3.05) is 16.2 Å². The molecule has 0 fully saturated rings. The average molecular weight is 364 g/mol. The molecule has 132 valence electrons. The standard InChI is InChI=1S/C21H20N2O2S/c1-16-6-2-5-9-21(16)26(24,25)22-18-10-12-19(13-11-18)23-15-14-17-7-3-4-8-20(17)23/h2-13,22H,14-15H2,1H3. The summed E-state index contributed by atoms with van der Waals surface area (Å²) in [5.74, 6) is 0. The molecule has 1 N–H and O–H groups in total. The fourth-order valence-electron chi connectivity index (χ4n) is 3.38. The van der Waals surface area contributed by atoms with Crippen LogP contribution in [0.4, 0.5) is 17.1 Å². The van der Waals surface area contributed by atoms with Gasteiger partial charge in [-0.1, -0.05) is 36.4 Å². The lowest BCUT2D eigenvalue weighted by atomic mass is 10.2. The molecule has 0 saturated carbocycles. The number of nitrogens with zero attached hydrogens (tertiary/aromatic N) is 1. The summed E-state index contributed by atoms with van der Waals surface area (Å²) in [6.07, 6.45) is 1.03. The Bertz CT molecular complexity index is 1040. The summed E-state index contributed by atoms with van der Waals surface area (Å²) in [6.45, 7) is 2.73. The second-order valence-electron chi connectivity index (χ2n) is 6.45. The predicted octanol–water partition coefficient (Wildman–Crippen LogP) is 4.49. The minimum atomic E-state index is -3.59. The van der Waals surface area contributed by atoms with Crippen molar-refractivity contribution in [3.8, 4) is 0 Å². The highest BCUT2D eigenvalue weighted by Crippen LogP contribution is 2.34. The van der Waals surface area contributed by atoms with E-state index >= 15 is 0 Å². The van der Waals surface area contributed by atoms with E-state index in [1.807, 2.05) is 36.4 Å². The van der Waals surface area contributed by atoms with E-state index < -0.39 is 10.0 Å². The maximum Gasteiger partial charge on any atom is 0.262 e. The lowest BCUT2D eigenvalue weighted by Crippen LogP contribution is -2.15. The van der Waals surface area contributed by atoms with Crippen LogP contribution >= 0.6 is 0 Å². The van der Waals surface area contributed by atoms with Gasteiger partial charge in [-0.05, 0) is 60.9 Å². The first-order valence-electron chi connectivity index (χ1n) is 8.58. The molecule has 4 rings (SSSR count). The Kier molecular flexibility index (Phi) is 4.17. The third-order valence-electron chi connectivity index (χ3n) is 4.70. The summed E-state index contributed by atoms with van der Waals surface area (Å²) in [4.78, 5) is 2.56. The summed E-state index contributed by atoms with van der Waals surface area (Å²) in [5.41, 5.74) is 4.92. The molecule has 0 spiro atoms. The molecule has 0 radical (unpaired) electrons. The minimum absolute atomic E-state index is 0.303. The number of sulfonamides is 1. The second-order valence-corrected chi connectivity index (χ2v) is 8.10. The Morgan fingerprint density at radius 3 is 2.35 bits per heavy atom. The van der Waals surface area contributed by atoms with E-state index in [2.05, 4.69) is 27.8 Å². The molecule has 1 aliphatic rings. The van der Waals surface area contributed by atoms with E-state index in [-0.39, 0.29) is 0 Å². The first kappa shape index (κ1) is 16.7. The van der Waals surface area contributed by atoms with Crippen molar-refractivity contribution in [2.45, 2.75) is 18.2 Å². The monoisotopic (exact) mass is 364 g/mol. The van der Waals surface area contributed by atoms with Crippen molar-refractivity contribution < 1.29 is 8.42 Å². The first-order valence-corrected chi connectivity index (χ1v) is 10.1. The summed E-state index contributed by atoms with van der Waals surface area (Å²) in [7, 11) is -3.59. The van der Waals surface area contributed by atoms with Gasteiger partial charge in [0.25, 0.3) is 10.0 Å². The summed E-state index contributed by atoms with van der Waals surface area (Å²) >= 11 is 0. The third-order valence-corrected chi connectivity index (χ3v) is 6.24. The Hall–Kier alpha value is -2.79. The summed E-state index contributed by atoms with van der Waals surface area (Å²) < 4.78 is 27.9. The number of fused-ring (bicyclic) bond motifs is 1. The van der Waals surface area contributed by atoms with Gasteiger partial charge in [-0.2, -0.15) is 0 Å². The smallest absolute Gasteiger partial charge is 0.262 e. The molecule has 0 saturated heterocycles. The van der Waals surface area contributed by atoms with Crippen molar-refractivity contribution in [1.82, 2.24) is 0 Å². The fraction of sp³-hybridized carbons (Fsp3) is 0.143. The Morgan fingerprint density at radius 1 is 0.885 bits per heavy atom. The van der Waals surface area contributed by atoms with E-state index in [9.17, 15) is 8.42 Å². The quantitative estimate of drug-likeness (QED) is 0.742. The van der Waals surface area contributed by atoms with Gasteiger partial charge in [0.1, 0.15) is 0 Å². The highest BCUT2D eigenvalue weighted by Gasteiger charge is 2.20. The number of aryl methyl sites for hydroxylation is 1. The molecule has 3 aromatic rings. The molecule has 26 heavy (non-hydrogen) atoms. The zero-order chi connectivity index (χ0) is 18.1. The number of nitrogens with one attached hydrogen (secondary N) is 1. The highest BCUT2D eigenvalue weighted by molar-refractivity contribution is 7.92. The zero-order valence-electron chi connectivity index (χ0n) is 14.5. The molecule has 3 aromatic carbocycles. The van der Waals surface area contributed by atoms with Gasteiger partial charge >= 0.3 is 0 Å². The van der Waals surface area contributed by atoms with Gasteiger partial charge in [-0.15, -0.1) is 0 Å². The average Bonchev–Trinajstić information content (AvgIpc) is 3.06. The number of hydrogen-bond acceptors (Lipinski definition) is 3. The molecule has 0 amide bonds. The normalized spacial score (nSPS) is 13.5. The summed E-state index contributed by atoms with van der Waals surface area (Å²) in [6, 6.07) is 22.9. The SMILES string of the molecule is Cc1ccccc1S(=O)(=O)Nc1ccc(N2CCc3ccccc32)cc1. The molecule has 1 aliphatic heterocycles. The Labute approximate surface area is 154 Å². The molecule has 0 unspecified atom stereocenters. The third kappa shape index (κ3) is 3.06. The lowest BCUT2D eigenvalue weighted by molar-refractivity contribution is 0.600. The summed E-state index contributed by atoms with van der Waals surface area (Å²) in [5, 5.41) is 0. The van der Waals surface area contributed by atoms with E-state index in [0.717, 1.165) is 24.2 Å². The van der Waals surface area contributed by atoms with Gasteiger partial charge in [0.05, 0.1) is 4.90 Å². The van der Waals surface area contributed by atoms with Crippen LogP contribution < -0.4 is 9.62 Å². The predicted molar refractivity (Wildman–Crippen MR) is 106 cm³/mol. The Balaban J connectivity index is 1.57. The fourth-order valence-corrected chi connectivity index (χ4v) is 4.69. The number of benzene rings is 3. The number of hydrogen-bond donors (Lipinski definition) is 1. The number of para-hydroxylation sites is 1. The second kappa shape index (κ2) is 6.50. The molecule has 0 atom stereocenters. The van der Waals surface area contributed by atoms with Crippen LogP contribution in [0, 0.1) is 6.92 Å². The maximum atomic E-state index is 12.6. The molecule has 0 bridgehead atoms. The van der Waals surface area contributed by atoms with Crippen LogP contribution in [0.3, 0.4) is 0 Å². The van der Waals surface area contributed by atoms with Crippen LogP contribution in [0.1, 0.15) is 11.1 Å². The van der Waals surface area contributed by atoms with Crippen LogP contribution in [-0.2, 0) is 16.4 Å². The zero-order valence-corrected chi connectivity index (χ0v) is 15.3. The van der Waals surface area contributed by atoms with Crippen LogP contribution in [0.15, 0.2) is 77.7 Å². The van der Waals surface area contributed by atoms with Gasteiger partial charge in [-0.25, -0.2) is 8.42 Å². The van der Waals surface area contributed by atoms with E-state index in [1.54, 1.807) is 25.1 Å². The Morgan fingerprint density at radius 2 is 1.58 bits per heavy atom.